The van der Waals surface area contributed by atoms with E-state index in [1.54, 1.807) is 48.5 Å². The number of hydrogen-bond donors (Lipinski definition) is 0. The summed E-state index contributed by atoms with van der Waals surface area (Å²) < 4.78 is 39.2. The number of carbonyl (C=O) groups is 1. The third kappa shape index (κ3) is 2.62. The number of Topliss-reactive ketones (excluding diaryl/α,β-unsaturated/α-hetero) is 1. The van der Waals surface area contributed by atoms with E-state index in [2.05, 4.69) is 0 Å². The highest BCUT2D eigenvalue weighted by molar-refractivity contribution is 7.21. The molecule has 1 heterocycles. The number of carbonyl (C=O) groups excluding carboxylic acids is 1. The number of benzene rings is 2. The van der Waals surface area contributed by atoms with Gasteiger partial charge in [-0.15, -0.1) is 11.3 Å². The molecule has 6 heteroatoms. The topological polar surface area (TPSA) is 17.1 Å². The van der Waals surface area contributed by atoms with E-state index in [9.17, 15) is 18.0 Å². The van der Waals surface area contributed by atoms with Gasteiger partial charge in [0.05, 0.1) is 4.88 Å². The van der Waals surface area contributed by atoms with Gasteiger partial charge in [-0.05, 0) is 23.8 Å². The first-order valence-corrected chi connectivity index (χ1v) is 7.46. The molecule has 0 aliphatic carbocycles. The van der Waals surface area contributed by atoms with Gasteiger partial charge in [0.15, 0.2) is 0 Å². The van der Waals surface area contributed by atoms with Gasteiger partial charge in [0, 0.05) is 20.7 Å². The Labute approximate surface area is 133 Å². The molecule has 22 heavy (non-hydrogen) atoms. The minimum atomic E-state index is -4.90. The molecule has 0 saturated heterocycles. The predicted octanol–water partition coefficient (Wildman–Crippen LogP) is 5.97. The van der Waals surface area contributed by atoms with E-state index >= 15 is 0 Å². The van der Waals surface area contributed by atoms with Crippen molar-refractivity contribution in [3.8, 4) is 11.1 Å². The second kappa shape index (κ2) is 5.41. The Kier molecular flexibility index (Phi) is 3.70. The van der Waals surface area contributed by atoms with Gasteiger partial charge in [0.25, 0.3) is 5.78 Å². The molecule has 0 fully saturated rings. The quantitative estimate of drug-likeness (QED) is 0.525. The lowest BCUT2D eigenvalue weighted by Gasteiger charge is -2.07. The second-order valence-electron chi connectivity index (χ2n) is 4.64. The van der Waals surface area contributed by atoms with E-state index in [0.29, 0.717) is 26.2 Å². The van der Waals surface area contributed by atoms with Crippen molar-refractivity contribution in [3.05, 3.63) is 58.4 Å². The molecule has 3 rings (SSSR count). The van der Waals surface area contributed by atoms with Crippen LogP contribution >= 0.6 is 22.9 Å². The summed E-state index contributed by atoms with van der Waals surface area (Å²) in [5.74, 6) is -1.82. The Bertz CT molecular complexity index is 850. The highest BCUT2D eigenvalue weighted by Crippen LogP contribution is 2.41. The van der Waals surface area contributed by atoms with Crippen molar-refractivity contribution >= 4 is 38.8 Å². The van der Waals surface area contributed by atoms with E-state index in [4.69, 9.17) is 11.6 Å². The van der Waals surface area contributed by atoms with Crippen molar-refractivity contribution in [2.75, 3.05) is 0 Å². The third-order valence-electron chi connectivity index (χ3n) is 3.19. The van der Waals surface area contributed by atoms with Crippen LogP contribution in [0.25, 0.3) is 21.2 Å². The summed E-state index contributed by atoms with van der Waals surface area (Å²) in [6.07, 6.45) is -4.90. The molecule has 3 aromatic rings. The maximum atomic E-state index is 12.9. The van der Waals surface area contributed by atoms with Crippen LogP contribution in [0.1, 0.15) is 9.67 Å². The first-order chi connectivity index (χ1) is 10.4. The number of rotatable bonds is 2. The zero-order chi connectivity index (χ0) is 15.9. The standard InChI is InChI=1S/C16H8ClF3OS/c17-10-7-5-9(6-8-10)13-11-3-1-2-4-12(11)22-14(13)15(21)16(18,19)20/h1-8H. The van der Waals surface area contributed by atoms with Crippen LogP contribution in [0.2, 0.25) is 5.02 Å². The van der Waals surface area contributed by atoms with Gasteiger partial charge >= 0.3 is 6.18 Å². The Hall–Kier alpha value is -1.85. The normalized spacial score (nSPS) is 11.8. The maximum Gasteiger partial charge on any atom is 0.455 e. The number of halogens is 4. The SMILES string of the molecule is O=C(c1sc2ccccc2c1-c1ccc(Cl)cc1)C(F)(F)F. The fraction of sp³-hybridized carbons (Fsp3) is 0.0625. The number of hydrogen-bond acceptors (Lipinski definition) is 2. The molecule has 0 saturated carbocycles. The van der Waals surface area contributed by atoms with Crippen LogP contribution in [0.5, 0.6) is 0 Å². The summed E-state index contributed by atoms with van der Waals surface area (Å²) in [6.45, 7) is 0. The number of thiophene rings is 1. The van der Waals surface area contributed by atoms with Crippen LogP contribution in [-0.4, -0.2) is 12.0 Å². The highest BCUT2D eigenvalue weighted by atomic mass is 35.5. The van der Waals surface area contributed by atoms with Crippen LogP contribution in [0, 0.1) is 0 Å². The van der Waals surface area contributed by atoms with Crippen molar-refractivity contribution < 1.29 is 18.0 Å². The first kappa shape index (κ1) is 15.1. The first-order valence-electron chi connectivity index (χ1n) is 6.27. The van der Waals surface area contributed by atoms with Gasteiger partial charge in [-0.2, -0.15) is 13.2 Å². The Morgan fingerprint density at radius 2 is 1.64 bits per heavy atom. The van der Waals surface area contributed by atoms with Gasteiger partial charge in [-0.1, -0.05) is 41.9 Å². The third-order valence-corrected chi connectivity index (χ3v) is 4.61. The average molecular weight is 341 g/mol. The second-order valence-corrected chi connectivity index (χ2v) is 6.12. The van der Waals surface area contributed by atoms with Crippen LogP contribution in [0.3, 0.4) is 0 Å². The highest BCUT2D eigenvalue weighted by Gasteiger charge is 2.42. The van der Waals surface area contributed by atoms with E-state index in [0.717, 1.165) is 11.3 Å². The molecule has 112 valence electrons. The molecule has 2 aromatic carbocycles. The lowest BCUT2D eigenvalue weighted by molar-refractivity contribution is -0.0882. The van der Waals surface area contributed by atoms with Crippen molar-refractivity contribution in [2.45, 2.75) is 6.18 Å². The zero-order valence-corrected chi connectivity index (χ0v) is 12.5. The number of alkyl halides is 3. The van der Waals surface area contributed by atoms with E-state index in [1.807, 2.05) is 0 Å². The molecule has 0 aliphatic rings. The van der Waals surface area contributed by atoms with Gasteiger partial charge in [-0.3, -0.25) is 4.79 Å². The van der Waals surface area contributed by atoms with Crippen LogP contribution in [0.4, 0.5) is 13.2 Å². The van der Waals surface area contributed by atoms with Gasteiger partial charge in [-0.25, -0.2) is 0 Å². The van der Waals surface area contributed by atoms with E-state index < -0.39 is 12.0 Å². The molecule has 0 aliphatic heterocycles. The fourth-order valence-electron chi connectivity index (χ4n) is 2.24. The summed E-state index contributed by atoms with van der Waals surface area (Å²) in [5, 5.41) is 1.11. The van der Waals surface area contributed by atoms with E-state index in [-0.39, 0.29) is 4.88 Å². The summed E-state index contributed by atoms with van der Waals surface area (Å²) in [4.78, 5) is 11.5. The van der Waals surface area contributed by atoms with Crippen molar-refractivity contribution in [1.29, 1.82) is 0 Å². The summed E-state index contributed by atoms with van der Waals surface area (Å²) >= 11 is 6.68. The summed E-state index contributed by atoms with van der Waals surface area (Å²) in [7, 11) is 0. The Morgan fingerprint density at radius 3 is 2.27 bits per heavy atom. The van der Waals surface area contributed by atoms with Crippen LogP contribution in [0.15, 0.2) is 48.5 Å². The molecule has 0 bridgehead atoms. The molecule has 0 N–H and O–H groups in total. The van der Waals surface area contributed by atoms with Crippen LogP contribution < -0.4 is 0 Å². The lowest BCUT2D eigenvalue weighted by atomic mass is 10.0. The van der Waals surface area contributed by atoms with Crippen LogP contribution in [-0.2, 0) is 0 Å². The molecule has 0 amide bonds. The maximum absolute atomic E-state index is 12.9. The van der Waals surface area contributed by atoms with Gasteiger partial charge < -0.3 is 0 Å². The molecule has 1 aromatic heterocycles. The minimum Gasteiger partial charge on any atom is -0.283 e. The van der Waals surface area contributed by atoms with Crippen molar-refractivity contribution in [3.63, 3.8) is 0 Å². The van der Waals surface area contributed by atoms with Crippen molar-refractivity contribution in [2.24, 2.45) is 0 Å². The minimum absolute atomic E-state index is 0.295. The molecule has 1 nitrogen and oxygen atoms in total. The molecule has 0 atom stereocenters. The Balaban J connectivity index is 2.30. The smallest absolute Gasteiger partial charge is 0.283 e. The molecule has 0 unspecified atom stereocenters. The zero-order valence-electron chi connectivity index (χ0n) is 10.9. The molecular formula is C16H8ClF3OS. The lowest BCUT2D eigenvalue weighted by Crippen LogP contribution is -2.22. The van der Waals surface area contributed by atoms with E-state index in [1.165, 1.54) is 0 Å². The molecule has 0 radical (unpaired) electrons. The Morgan fingerprint density at radius 1 is 1.00 bits per heavy atom. The predicted molar refractivity (Wildman–Crippen MR) is 82.7 cm³/mol. The van der Waals surface area contributed by atoms with Crippen molar-refractivity contribution in [1.82, 2.24) is 0 Å². The summed E-state index contributed by atoms with van der Waals surface area (Å²) in [6, 6.07) is 13.3. The monoisotopic (exact) mass is 340 g/mol. The largest absolute Gasteiger partial charge is 0.455 e. The molecule has 0 spiro atoms. The van der Waals surface area contributed by atoms with Gasteiger partial charge in [0.1, 0.15) is 0 Å². The average Bonchev–Trinajstić information content (AvgIpc) is 2.85. The number of fused-ring (bicyclic) bond motifs is 1. The molecular weight excluding hydrogens is 333 g/mol. The fourth-order valence-corrected chi connectivity index (χ4v) is 3.55. The summed E-state index contributed by atoms with van der Waals surface area (Å²) in [5.41, 5.74) is 0.842. The number of ketones is 1. The van der Waals surface area contributed by atoms with Gasteiger partial charge in [0.2, 0.25) is 0 Å².